The number of H-pyrrole nitrogens is 1. The number of nitrogens with two attached hydrogens (primary N) is 1. The summed E-state index contributed by atoms with van der Waals surface area (Å²) in [6, 6.07) is 0. The van der Waals surface area contributed by atoms with Gasteiger partial charge in [0.05, 0.1) is 5.69 Å². The number of hydrogen-bond acceptors (Lipinski definition) is 3. The quantitative estimate of drug-likeness (QED) is 0.815. The van der Waals surface area contributed by atoms with Crippen LogP contribution in [0.25, 0.3) is 0 Å². The van der Waals surface area contributed by atoms with E-state index in [4.69, 9.17) is 5.73 Å². The molecule has 0 aliphatic heterocycles. The molecule has 0 aromatic carbocycles. The van der Waals surface area contributed by atoms with Gasteiger partial charge < -0.3 is 10.7 Å². The summed E-state index contributed by atoms with van der Waals surface area (Å²) in [7, 11) is 0. The highest BCUT2D eigenvalue weighted by molar-refractivity contribution is 5.26. The highest BCUT2D eigenvalue weighted by Crippen LogP contribution is 2.40. The smallest absolute Gasteiger partial charge is 0.254 e. The predicted octanol–water partition coefficient (Wildman–Crippen LogP) is 1.66. The molecular formula is C13H21N3O. The molecule has 2 rings (SSSR count). The van der Waals surface area contributed by atoms with Crippen molar-refractivity contribution in [1.29, 1.82) is 0 Å². The van der Waals surface area contributed by atoms with Crippen molar-refractivity contribution in [3.63, 3.8) is 0 Å². The van der Waals surface area contributed by atoms with Crippen LogP contribution >= 0.6 is 0 Å². The fourth-order valence-corrected chi connectivity index (χ4v) is 2.02. The van der Waals surface area contributed by atoms with E-state index in [0.717, 1.165) is 29.9 Å². The van der Waals surface area contributed by atoms with E-state index >= 15 is 0 Å². The van der Waals surface area contributed by atoms with Crippen LogP contribution in [-0.2, 0) is 6.42 Å². The molecule has 0 amide bonds. The Morgan fingerprint density at radius 2 is 2.18 bits per heavy atom. The highest BCUT2D eigenvalue weighted by Gasteiger charge is 2.29. The third-order valence-corrected chi connectivity index (χ3v) is 3.21. The first-order valence-electron chi connectivity index (χ1n) is 6.46. The van der Waals surface area contributed by atoms with E-state index in [-0.39, 0.29) is 11.5 Å². The van der Waals surface area contributed by atoms with Crippen LogP contribution in [0.5, 0.6) is 0 Å². The SMILES string of the molecule is CC(C)c1nc(C2CC2)c(CCCN)c(=O)[nH]1. The molecule has 1 aliphatic rings. The molecular weight excluding hydrogens is 214 g/mol. The van der Waals surface area contributed by atoms with Gasteiger partial charge in [-0.2, -0.15) is 0 Å². The highest BCUT2D eigenvalue weighted by atomic mass is 16.1. The molecule has 4 nitrogen and oxygen atoms in total. The summed E-state index contributed by atoms with van der Waals surface area (Å²) < 4.78 is 0. The molecule has 1 aromatic heterocycles. The van der Waals surface area contributed by atoms with E-state index < -0.39 is 0 Å². The summed E-state index contributed by atoms with van der Waals surface area (Å²) in [5.41, 5.74) is 7.45. The Labute approximate surface area is 102 Å². The fraction of sp³-hybridized carbons (Fsp3) is 0.692. The Bertz CT molecular complexity index is 446. The van der Waals surface area contributed by atoms with Crippen molar-refractivity contribution in [3.8, 4) is 0 Å². The van der Waals surface area contributed by atoms with Crippen molar-refractivity contribution in [2.75, 3.05) is 6.54 Å². The van der Waals surface area contributed by atoms with Crippen LogP contribution in [0, 0.1) is 0 Å². The summed E-state index contributed by atoms with van der Waals surface area (Å²) >= 11 is 0. The molecule has 0 unspecified atom stereocenters. The van der Waals surface area contributed by atoms with Crippen molar-refractivity contribution in [2.45, 2.75) is 51.4 Å². The van der Waals surface area contributed by atoms with Crippen LogP contribution < -0.4 is 11.3 Å². The lowest BCUT2D eigenvalue weighted by Crippen LogP contribution is -2.21. The summed E-state index contributed by atoms with van der Waals surface area (Å²) in [5.74, 6) is 1.60. The molecule has 1 aromatic rings. The van der Waals surface area contributed by atoms with Gasteiger partial charge in [0.25, 0.3) is 5.56 Å². The van der Waals surface area contributed by atoms with Gasteiger partial charge in [-0.05, 0) is 32.2 Å². The molecule has 3 N–H and O–H groups in total. The van der Waals surface area contributed by atoms with Crippen LogP contribution in [0.2, 0.25) is 0 Å². The van der Waals surface area contributed by atoms with Gasteiger partial charge in [0.15, 0.2) is 0 Å². The first-order valence-corrected chi connectivity index (χ1v) is 6.46. The monoisotopic (exact) mass is 235 g/mol. The lowest BCUT2D eigenvalue weighted by atomic mass is 10.1. The summed E-state index contributed by atoms with van der Waals surface area (Å²) in [6.45, 7) is 4.72. The molecule has 1 aliphatic carbocycles. The Balaban J connectivity index is 2.39. The molecule has 0 saturated heterocycles. The van der Waals surface area contributed by atoms with Crippen molar-refractivity contribution in [2.24, 2.45) is 5.73 Å². The third-order valence-electron chi connectivity index (χ3n) is 3.21. The minimum atomic E-state index is 0.0408. The number of aromatic nitrogens is 2. The van der Waals surface area contributed by atoms with Crippen LogP contribution in [0.1, 0.15) is 62.0 Å². The van der Waals surface area contributed by atoms with Gasteiger partial charge in [-0.3, -0.25) is 4.79 Å². The average molecular weight is 235 g/mol. The molecule has 1 saturated carbocycles. The number of aromatic amines is 1. The molecule has 94 valence electrons. The predicted molar refractivity (Wildman–Crippen MR) is 68.3 cm³/mol. The van der Waals surface area contributed by atoms with Crippen LogP contribution in [0.4, 0.5) is 0 Å². The molecule has 0 spiro atoms. The zero-order valence-corrected chi connectivity index (χ0v) is 10.6. The summed E-state index contributed by atoms with van der Waals surface area (Å²) in [4.78, 5) is 19.6. The minimum absolute atomic E-state index is 0.0408. The Hall–Kier alpha value is -1.16. The molecule has 1 heterocycles. The maximum Gasteiger partial charge on any atom is 0.254 e. The van der Waals surface area contributed by atoms with E-state index in [0.29, 0.717) is 12.5 Å². The molecule has 0 radical (unpaired) electrons. The lowest BCUT2D eigenvalue weighted by Gasteiger charge is -2.11. The Morgan fingerprint density at radius 1 is 1.47 bits per heavy atom. The van der Waals surface area contributed by atoms with Crippen molar-refractivity contribution < 1.29 is 0 Å². The Morgan fingerprint density at radius 3 is 2.71 bits per heavy atom. The maximum absolute atomic E-state index is 12.1. The number of hydrogen-bond donors (Lipinski definition) is 2. The largest absolute Gasteiger partial charge is 0.330 e. The zero-order chi connectivity index (χ0) is 12.4. The fourth-order valence-electron chi connectivity index (χ4n) is 2.02. The summed E-state index contributed by atoms with van der Waals surface area (Å²) in [5, 5.41) is 0. The second-order valence-corrected chi connectivity index (χ2v) is 5.14. The van der Waals surface area contributed by atoms with Crippen molar-refractivity contribution >= 4 is 0 Å². The van der Waals surface area contributed by atoms with Gasteiger partial charge in [-0.15, -0.1) is 0 Å². The van der Waals surface area contributed by atoms with Crippen LogP contribution in [-0.4, -0.2) is 16.5 Å². The molecule has 17 heavy (non-hydrogen) atoms. The van der Waals surface area contributed by atoms with Gasteiger partial charge in [-0.1, -0.05) is 13.8 Å². The van der Waals surface area contributed by atoms with Gasteiger partial charge in [0, 0.05) is 17.4 Å². The van der Waals surface area contributed by atoms with Gasteiger partial charge in [0.1, 0.15) is 5.82 Å². The van der Waals surface area contributed by atoms with Gasteiger partial charge in [-0.25, -0.2) is 4.98 Å². The first-order chi connectivity index (χ1) is 8.13. The maximum atomic E-state index is 12.1. The number of nitrogens with one attached hydrogen (secondary N) is 1. The van der Waals surface area contributed by atoms with Gasteiger partial charge >= 0.3 is 0 Å². The van der Waals surface area contributed by atoms with Crippen molar-refractivity contribution in [3.05, 3.63) is 27.4 Å². The van der Waals surface area contributed by atoms with Crippen molar-refractivity contribution in [1.82, 2.24) is 9.97 Å². The molecule has 1 fully saturated rings. The Kier molecular flexibility index (Phi) is 3.62. The second-order valence-electron chi connectivity index (χ2n) is 5.14. The van der Waals surface area contributed by atoms with Crippen LogP contribution in [0.3, 0.4) is 0 Å². The normalized spacial score (nSPS) is 15.5. The first kappa shape index (κ1) is 12.3. The average Bonchev–Trinajstić information content (AvgIpc) is 3.10. The molecule has 0 atom stereocenters. The van der Waals surface area contributed by atoms with E-state index in [1.54, 1.807) is 0 Å². The van der Waals surface area contributed by atoms with E-state index in [2.05, 4.69) is 23.8 Å². The standard InChI is InChI=1S/C13H21N3O/c1-8(2)12-15-11(9-5-6-9)10(4-3-7-14)13(17)16-12/h8-9H,3-7,14H2,1-2H3,(H,15,16,17). The van der Waals surface area contributed by atoms with E-state index in [1.807, 2.05) is 0 Å². The zero-order valence-electron chi connectivity index (χ0n) is 10.6. The van der Waals surface area contributed by atoms with Gasteiger partial charge in [0.2, 0.25) is 0 Å². The van der Waals surface area contributed by atoms with E-state index in [9.17, 15) is 4.79 Å². The minimum Gasteiger partial charge on any atom is -0.330 e. The second kappa shape index (κ2) is 5.00. The topological polar surface area (TPSA) is 71.8 Å². The summed E-state index contributed by atoms with van der Waals surface area (Å²) in [6.07, 6.45) is 3.95. The van der Waals surface area contributed by atoms with Crippen LogP contribution in [0.15, 0.2) is 4.79 Å². The van der Waals surface area contributed by atoms with E-state index in [1.165, 1.54) is 12.8 Å². The molecule has 0 bridgehead atoms. The number of rotatable bonds is 5. The molecule has 4 heteroatoms. The third kappa shape index (κ3) is 2.75. The lowest BCUT2D eigenvalue weighted by molar-refractivity contribution is 0.721. The number of nitrogens with zero attached hydrogens (tertiary/aromatic N) is 1.